The minimum atomic E-state index is -0.407. The molecule has 1 unspecified atom stereocenters. The van der Waals surface area contributed by atoms with Crippen LogP contribution in [0, 0.1) is 12.7 Å². The van der Waals surface area contributed by atoms with Crippen LogP contribution in [0.25, 0.3) is 0 Å². The molecule has 2 aromatic carbocycles. The van der Waals surface area contributed by atoms with Crippen molar-refractivity contribution in [2.24, 2.45) is 0 Å². The maximum absolute atomic E-state index is 13.8. The average Bonchev–Trinajstić information content (AvgIpc) is 2.65. The molecule has 2 aromatic rings. The number of urea groups is 1. The number of nitrogens with zero attached hydrogens (tertiary/aromatic N) is 2. The SMILES string of the molecule is Cc1ccc(F)c(NC(=O)N2CCN(C(C)c3ccccc3)CC2)c1. The summed E-state index contributed by atoms with van der Waals surface area (Å²) in [6.07, 6.45) is 0. The van der Waals surface area contributed by atoms with E-state index >= 15 is 0 Å². The molecule has 0 saturated carbocycles. The molecule has 1 aliphatic heterocycles. The molecule has 1 fully saturated rings. The van der Waals surface area contributed by atoms with Gasteiger partial charge in [-0.2, -0.15) is 0 Å². The topological polar surface area (TPSA) is 35.6 Å². The van der Waals surface area contributed by atoms with E-state index in [0.717, 1.165) is 18.7 Å². The van der Waals surface area contributed by atoms with Gasteiger partial charge in [0.2, 0.25) is 0 Å². The summed E-state index contributed by atoms with van der Waals surface area (Å²) in [5.41, 5.74) is 2.44. The fourth-order valence-electron chi connectivity index (χ4n) is 3.18. The predicted molar refractivity (Wildman–Crippen MR) is 98.2 cm³/mol. The van der Waals surface area contributed by atoms with E-state index in [2.05, 4.69) is 29.3 Å². The van der Waals surface area contributed by atoms with Gasteiger partial charge in [0, 0.05) is 32.2 Å². The Hall–Kier alpha value is -2.40. The third-order valence-electron chi connectivity index (χ3n) is 4.79. The molecule has 1 saturated heterocycles. The molecule has 4 nitrogen and oxygen atoms in total. The van der Waals surface area contributed by atoms with Crippen molar-refractivity contribution >= 4 is 11.7 Å². The highest BCUT2D eigenvalue weighted by atomic mass is 19.1. The molecule has 0 radical (unpaired) electrons. The van der Waals surface area contributed by atoms with Crippen molar-refractivity contribution in [1.82, 2.24) is 9.80 Å². The van der Waals surface area contributed by atoms with Crippen LogP contribution in [-0.2, 0) is 0 Å². The van der Waals surface area contributed by atoms with E-state index in [4.69, 9.17) is 0 Å². The summed E-state index contributed by atoms with van der Waals surface area (Å²) >= 11 is 0. The first-order chi connectivity index (χ1) is 12.0. The maximum Gasteiger partial charge on any atom is 0.322 e. The van der Waals surface area contributed by atoms with E-state index in [-0.39, 0.29) is 11.7 Å². The zero-order valence-corrected chi connectivity index (χ0v) is 14.7. The Labute approximate surface area is 148 Å². The molecule has 0 aliphatic carbocycles. The van der Waals surface area contributed by atoms with Crippen molar-refractivity contribution < 1.29 is 9.18 Å². The number of rotatable bonds is 3. The standard InChI is InChI=1S/C20H24FN3O/c1-15-8-9-18(21)19(14-15)22-20(25)24-12-10-23(11-13-24)16(2)17-6-4-3-5-7-17/h3-9,14,16H,10-13H2,1-2H3,(H,22,25). The van der Waals surface area contributed by atoms with Gasteiger partial charge < -0.3 is 10.2 Å². The molecule has 1 heterocycles. The van der Waals surface area contributed by atoms with Crippen LogP contribution in [0.3, 0.4) is 0 Å². The lowest BCUT2D eigenvalue weighted by Crippen LogP contribution is -2.50. The third-order valence-corrected chi connectivity index (χ3v) is 4.79. The van der Waals surface area contributed by atoms with Crippen molar-refractivity contribution in [2.45, 2.75) is 19.9 Å². The molecule has 1 atom stereocenters. The van der Waals surface area contributed by atoms with Crippen LogP contribution in [0.15, 0.2) is 48.5 Å². The summed E-state index contributed by atoms with van der Waals surface area (Å²) in [6, 6.07) is 15.2. The van der Waals surface area contributed by atoms with Crippen LogP contribution >= 0.6 is 0 Å². The fraction of sp³-hybridized carbons (Fsp3) is 0.350. The van der Waals surface area contributed by atoms with E-state index < -0.39 is 5.82 Å². The van der Waals surface area contributed by atoms with E-state index in [0.29, 0.717) is 19.1 Å². The molecule has 2 amide bonds. The second-order valence-corrected chi connectivity index (χ2v) is 6.52. The molecule has 0 spiro atoms. The number of benzene rings is 2. The first-order valence-corrected chi connectivity index (χ1v) is 8.65. The van der Waals surface area contributed by atoms with Crippen LogP contribution in [0.5, 0.6) is 0 Å². The molecule has 132 valence electrons. The molecule has 3 rings (SSSR count). The zero-order valence-electron chi connectivity index (χ0n) is 14.7. The van der Waals surface area contributed by atoms with E-state index in [9.17, 15) is 9.18 Å². The van der Waals surface area contributed by atoms with E-state index in [1.807, 2.05) is 25.1 Å². The smallest absolute Gasteiger partial charge is 0.322 e. The lowest BCUT2D eigenvalue weighted by molar-refractivity contribution is 0.119. The summed E-state index contributed by atoms with van der Waals surface area (Å²) < 4.78 is 13.8. The lowest BCUT2D eigenvalue weighted by Gasteiger charge is -2.38. The molecule has 0 aromatic heterocycles. The first kappa shape index (κ1) is 17.4. The summed E-state index contributed by atoms with van der Waals surface area (Å²) in [6.45, 7) is 6.94. The van der Waals surface area contributed by atoms with Crippen molar-refractivity contribution in [1.29, 1.82) is 0 Å². The molecular weight excluding hydrogens is 317 g/mol. The van der Waals surface area contributed by atoms with Gasteiger partial charge in [0.1, 0.15) is 5.82 Å². The van der Waals surface area contributed by atoms with Gasteiger partial charge in [0.05, 0.1) is 5.69 Å². The highest BCUT2D eigenvalue weighted by Crippen LogP contribution is 2.22. The zero-order chi connectivity index (χ0) is 17.8. The van der Waals surface area contributed by atoms with Gasteiger partial charge in [0.25, 0.3) is 0 Å². The van der Waals surface area contributed by atoms with E-state index in [1.165, 1.54) is 11.6 Å². The number of hydrogen-bond acceptors (Lipinski definition) is 2. The molecular formula is C20H24FN3O. The predicted octanol–water partition coefficient (Wildman–Crippen LogP) is 4.04. The number of halogens is 1. The first-order valence-electron chi connectivity index (χ1n) is 8.65. The molecule has 1 aliphatic rings. The van der Waals surface area contributed by atoms with Gasteiger partial charge in [-0.25, -0.2) is 9.18 Å². The number of hydrogen-bond donors (Lipinski definition) is 1. The number of piperazine rings is 1. The summed E-state index contributed by atoms with van der Waals surface area (Å²) in [5, 5.41) is 2.69. The summed E-state index contributed by atoms with van der Waals surface area (Å²) in [7, 11) is 0. The minimum absolute atomic E-state index is 0.239. The number of carbonyl (C=O) groups is 1. The van der Waals surface area contributed by atoms with Gasteiger partial charge in [-0.15, -0.1) is 0 Å². The highest BCUT2D eigenvalue weighted by Gasteiger charge is 2.25. The van der Waals surface area contributed by atoms with Crippen LogP contribution in [0.4, 0.5) is 14.9 Å². The van der Waals surface area contributed by atoms with Gasteiger partial charge in [-0.3, -0.25) is 4.90 Å². The van der Waals surface area contributed by atoms with Crippen LogP contribution in [0.1, 0.15) is 24.1 Å². The number of anilines is 1. The Kier molecular flexibility index (Phi) is 5.34. The van der Waals surface area contributed by atoms with Gasteiger partial charge >= 0.3 is 6.03 Å². The van der Waals surface area contributed by atoms with E-state index in [1.54, 1.807) is 17.0 Å². The highest BCUT2D eigenvalue weighted by molar-refractivity contribution is 5.89. The molecule has 1 N–H and O–H groups in total. The fourth-order valence-corrected chi connectivity index (χ4v) is 3.18. The lowest BCUT2D eigenvalue weighted by atomic mass is 10.1. The Balaban J connectivity index is 1.56. The Bertz CT molecular complexity index is 727. The van der Waals surface area contributed by atoms with Crippen molar-refractivity contribution in [3.8, 4) is 0 Å². The summed E-state index contributed by atoms with van der Waals surface area (Å²) in [4.78, 5) is 16.5. The van der Waals surface area contributed by atoms with Crippen molar-refractivity contribution in [2.75, 3.05) is 31.5 Å². The third kappa shape index (κ3) is 4.17. The Morgan fingerprint density at radius 1 is 1.08 bits per heavy atom. The molecule has 5 heteroatoms. The quantitative estimate of drug-likeness (QED) is 0.914. The van der Waals surface area contributed by atoms with Gasteiger partial charge in [-0.05, 0) is 37.1 Å². The normalized spacial score (nSPS) is 16.5. The monoisotopic (exact) mass is 341 g/mol. The van der Waals surface area contributed by atoms with Crippen LogP contribution < -0.4 is 5.32 Å². The molecule has 25 heavy (non-hydrogen) atoms. The van der Waals surface area contributed by atoms with Crippen LogP contribution in [0.2, 0.25) is 0 Å². The Morgan fingerprint density at radius 3 is 2.44 bits per heavy atom. The minimum Gasteiger partial charge on any atom is -0.322 e. The Morgan fingerprint density at radius 2 is 1.76 bits per heavy atom. The van der Waals surface area contributed by atoms with Crippen molar-refractivity contribution in [3.05, 3.63) is 65.5 Å². The number of nitrogens with one attached hydrogen (secondary N) is 1. The van der Waals surface area contributed by atoms with Gasteiger partial charge in [-0.1, -0.05) is 36.4 Å². The molecule has 0 bridgehead atoms. The number of amides is 2. The summed E-state index contributed by atoms with van der Waals surface area (Å²) in [5.74, 6) is -0.407. The van der Waals surface area contributed by atoms with Crippen LogP contribution in [-0.4, -0.2) is 42.0 Å². The average molecular weight is 341 g/mol. The number of aryl methyl sites for hydroxylation is 1. The second kappa shape index (κ2) is 7.66. The van der Waals surface area contributed by atoms with Crippen molar-refractivity contribution in [3.63, 3.8) is 0 Å². The van der Waals surface area contributed by atoms with Gasteiger partial charge in [0.15, 0.2) is 0 Å². The maximum atomic E-state index is 13.8. The second-order valence-electron chi connectivity index (χ2n) is 6.52. The number of carbonyl (C=O) groups excluding carboxylic acids is 1. The largest absolute Gasteiger partial charge is 0.322 e.